The monoisotopic (exact) mass is 260 g/mol. The third-order valence-corrected chi connectivity index (χ3v) is 2.64. The van der Waals surface area contributed by atoms with E-state index in [9.17, 15) is 4.79 Å². The number of anilines is 1. The molecule has 1 aromatic heterocycles. The molecular formula is C13H16N4O2. The summed E-state index contributed by atoms with van der Waals surface area (Å²) in [7, 11) is 1.57. The van der Waals surface area contributed by atoms with E-state index in [2.05, 4.69) is 10.4 Å². The second kappa shape index (κ2) is 5.43. The summed E-state index contributed by atoms with van der Waals surface area (Å²) in [5.41, 5.74) is 6.69. The van der Waals surface area contributed by atoms with Crippen LogP contribution in [0.4, 0.5) is 5.69 Å². The molecule has 0 aliphatic heterocycles. The highest BCUT2D eigenvalue weighted by molar-refractivity contribution is 5.97. The van der Waals surface area contributed by atoms with Gasteiger partial charge >= 0.3 is 0 Å². The van der Waals surface area contributed by atoms with Crippen LogP contribution in [-0.4, -0.2) is 22.7 Å². The van der Waals surface area contributed by atoms with Crippen LogP contribution in [0.15, 0.2) is 30.6 Å². The highest BCUT2D eigenvalue weighted by atomic mass is 16.5. The van der Waals surface area contributed by atoms with E-state index < -0.39 is 0 Å². The summed E-state index contributed by atoms with van der Waals surface area (Å²) >= 11 is 0. The van der Waals surface area contributed by atoms with Crippen molar-refractivity contribution in [1.29, 1.82) is 0 Å². The summed E-state index contributed by atoms with van der Waals surface area (Å²) in [5, 5.41) is 6.67. The Morgan fingerprint density at radius 3 is 2.95 bits per heavy atom. The van der Waals surface area contributed by atoms with Crippen LogP contribution >= 0.6 is 0 Å². The highest BCUT2D eigenvalue weighted by Gasteiger charge is 2.13. The number of benzene rings is 1. The van der Waals surface area contributed by atoms with Crippen LogP contribution in [0, 0.1) is 0 Å². The standard InChI is InChI=1S/C13H16N4O2/c1-3-17-8-10(7-16-17)19-12-6-9(14)4-5-11(12)13(18)15-2/h4-8H,3,14H2,1-2H3,(H,15,18). The third-order valence-electron chi connectivity index (χ3n) is 2.64. The molecule has 1 amide bonds. The first kappa shape index (κ1) is 12.9. The van der Waals surface area contributed by atoms with Gasteiger partial charge in [-0.25, -0.2) is 0 Å². The third kappa shape index (κ3) is 2.85. The molecular weight excluding hydrogens is 244 g/mol. The molecule has 6 heteroatoms. The summed E-state index contributed by atoms with van der Waals surface area (Å²) in [4.78, 5) is 11.7. The van der Waals surface area contributed by atoms with Gasteiger partial charge in [0.05, 0.1) is 18.0 Å². The minimum absolute atomic E-state index is 0.224. The number of nitrogens with one attached hydrogen (secondary N) is 1. The summed E-state index contributed by atoms with van der Waals surface area (Å²) in [6.45, 7) is 2.73. The molecule has 3 N–H and O–H groups in total. The fourth-order valence-corrected chi connectivity index (χ4v) is 1.64. The molecule has 6 nitrogen and oxygen atoms in total. The number of nitrogens with zero attached hydrogens (tertiary/aromatic N) is 2. The SMILES string of the molecule is CCn1cc(Oc2cc(N)ccc2C(=O)NC)cn1. The molecule has 1 heterocycles. The van der Waals surface area contributed by atoms with Crippen molar-refractivity contribution in [3.8, 4) is 11.5 Å². The van der Waals surface area contributed by atoms with E-state index in [-0.39, 0.29) is 5.91 Å². The Morgan fingerprint density at radius 1 is 1.53 bits per heavy atom. The molecule has 0 saturated carbocycles. The van der Waals surface area contributed by atoms with E-state index in [1.807, 2.05) is 6.92 Å². The largest absolute Gasteiger partial charge is 0.453 e. The average molecular weight is 260 g/mol. The lowest BCUT2D eigenvalue weighted by atomic mass is 10.1. The van der Waals surface area contributed by atoms with Crippen LogP contribution in [0.3, 0.4) is 0 Å². The van der Waals surface area contributed by atoms with Crippen LogP contribution in [0.1, 0.15) is 17.3 Å². The van der Waals surface area contributed by atoms with Gasteiger partial charge in [-0.2, -0.15) is 5.10 Å². The predicted molar refractivity (Wildman–Crippen MR) is 72.2 cm³/mol. The Bertz CT molecular complexity index is 592. The number of carbonyl (C=O) groups excluding carboxylic acids is 1. The Labute approximate surface area is 111 Å². The lowest BCUT2D eigenvalue weighted by Gasteiger charge is -2.09. The average Bonchev–Trinajstić information content (AvgIpc) is 2.86. The minimum atomic E-state index is -0.224. The van der Waals surface area contributed by atoms with E-state index in [1.54, 1.807) is 42.3 Å². The van der Waals surface area contributed by atoms with E-state index in [0.717, 1.165) is 6.54 Å². The zero-order valence-corrected chi connectivity index (χ0v) is 10.9. The smallest absolute Gasteiger partial charge is 0.254 e. The second-order valence-electron chi connectivity index (χ2n) is 3.97. The topological polar surface area (TPSA) is 82.2 Å². The number of nitrogen functional groups attached to an aromatic ring is 1. The molecule has 2 aromatic rings. The van der Waals surface area contributed by atoms with E-state index in [0.29, 0.717) is 22.7 Å². The van der Waals surface area contributed by atoms with Crippen molar-refractivity contribution < 1.29 is 9.53 Å². The molecule has 0 radical (unpaired) electrons. The molecule has 0 bridgehead atoms. The van der Waals surface area contributed by atoms with Gasteiger partial charge in [0.15, 0.2) is 5.75 Å². The number of amides is 1. The zero-order chi connectivity index (χ0) is 13.8. The van der Waals surface area contributed by atoms with Crippen molar-refractivity contribution in [3.63, 3.8) is 0 Å². The number of hydrogen-bond acceptors (Lipinski definition) is 4. The van der Waals surface area contributed by atoms with Gasteiger partial charge in [0.25, 0.3) is 5.91 Å². The Balaban J connectivity index is 2.32. The Kier molecular flexibility index (Phi) is 3.70. The molecule has 0 aliphatic rings. The number of ether oxygens (including phenoxy) is 1. The van der Waals surface area contributed by atoms with E-state index in [1.165, 1.54) is 0 Å². The first-order chi connectivity index (χ1) is 9.13. The van der Waals surface area contributed by atoms with Crippen LogP contribution in [0.2, 0.25) is 0 Å². The Morgan fingerprint density at radius 2 is 2.32 bits per heavy atom. The van der Waals surface area contributed by atoms with Gasteiger partial charge in [0.2, 0.25) is 0 Å². The van der Waals surface area contributed by atoms with Gasteiger partial charge in [-0.3, -0.25) is 9.48 Å². The summed E-state index contributed by atoms with van der Waals surface area (Å²) < 4.78 is 7.41. The molecule has 2 rings (SSSR count). The number of aryl methyl sites for hydroxylation is 1. The molecule has 1 aromatic carbocycles. The quantitative estimate of drug-likeness (QED) is 0.819. The van der Waals surface area contributed by atoms with Crippen molar-refractivity contribution >= 4 is 11.6 Å². The lowest BCUT2D eigenvalue weighted by Crippen LogP contribution is -2.18. The normalized spacial score (nSPS) is 10.2. The fourth-order valence-electron chi connectivity index (χ4n) is 1.64. The molecule has 100 valence electrons. The summed E-state index contributed by atoms with van der Waals surface area (Å²) in [5.74, 6) is 0.755. The van der Waals surface area contributed by atoms with E-state index >= 15 is 0 Å². The van der Waals surface area contributed by atoms with Crippen molar-refractivity contribution in [3.05, 3.63) is 36.2 Å². The molecule has 0 saturated heterocycles. The highest BCUT2D eigenvalue weighted by Crippen LogP contribution is 2.27. The van der Waals surface area contributed by atoms with Gasteiger partial charge in [-0.1, -0.05) is 0 Å². The predicted octanol–water partition coefficient (Wildman–Crippen LogP) is 1.64. The number of carbonyl (C=O) groups is 1. The van der Waals surface area contributed by atoms with Crippen molar-refractivity contribution in [1.82, 2.24) is 15.1 Å². The molecule has 0 atom stereocenters. The van der Waals surface area contributed by atoms with Crippen LogP contribution in [0.25, 0.3) is 0 Å². The maximum absolute atomic E-state index is 11.7. The maximum Gasteiger partial charge on any atom is 0.254 e. The first-order valence-corrected chi connectivity index (χ1v) is 5.96. The van der Waals surface area contributed by atoms with Gasteiger partial charge in [0, 0.05) is 25.3 Å². The second-order valence-corrected chi connectivity index (χ2v) is 3.97. The van der Waals surface area contributed by atoms with Gasteiger partial charge in [-0.05, 0) is 19.1 Å². The molecule has 0 spiro atoms. The minimum Gasteiger partial charge on any atom is -0.453 e. The van der Waals surface area contributed by atoms with Gasteiger partial charge in [0.1, 0.15) is 5.75 Å². The van der Waals surface area contributed by atoms with Crippen LogP contribution in [-0.2, 0) is 6.54 Å². The number of hydrogen-bond donors (Lipinski definition) is 2. The van der Waals surface area contributed by atoms with Crippen molar-refractivity contribution in [2.24, 2.45) is 0 Å². The number of nitrogens with two attached hydrogens (primary N) is 1. The molecule has 0 aliphatic carbocycles. The Hall–Kier alpha value is -2.50. The fraction of sp³-hybridized carbons (Fsp3) is 0.231. The number of aromatic nitrogens is 2. The maximum atomic E-state index is 11.7. The molecule has 19 heavy (non-hydrogen) atoms. The first-order valence-electron chi connectivity index (χ1n) is 5.96. The van der Waals surface area contributed by atoms with Crippen molar-refractivity contribution in [2.75, 3.05) is 12.8 Å². The summed E-state index contributed by atoms with van der Waals surface area (Å²) in [6.07, 6.45) is 3.36. The van der Waals surface area contributed by atoms with Crippen LogP contribution in [0.5, 0.6) is 11.5 Å². The lowest BCUT2D eigenvalue weighted by molar-refractivity contribution is 0.0961. The number of rotatable bonds is 4. The zero-order valence-electron chi connectivity index (χ0n) is 10.9. The van der Waals surface area contributed by atoms with Gasteiger partial charge in [-0.15, -0.1) is 0 Å². The van der Waals surface area contributed by atoms with Crippen molar-refractivity contribution in [2.45, 2.75) is 13.5 Å². The molecule has 0 fully saturated rings. The van der Waals surface area contributed by atoms with Crippen LogP contribution < -0.4 is 15.8 Å². The van der Waals surface area contributed by atoms with E-state index in [4.69, 9.17) is 10.5 Å². The summed E-state index contributed by atoms with van der Waals surface area (Å²) in [6, 6.07) is 4.91. The van der Waals surface area contributed by atoms with Gasteiger partial charge < -0.3 is 15.8 Å². The molecule has 0 unspecified atom stereocenters.